The van der Waals surface area contributed by atoms with Crippen molar-refractivity contribution in [3.8, 4) is 0 Å². The summed E-state index contributed by atoms with van der Waals surface area (Å²) in [7, 11) is 1.55. The molecule has 9 heteroatoms. The number of unbranched alkanes of at least 4 members (excludes halogenated alkanes) is 22. The molecule has 0 aromatic rings. The van der Waals surface area contributed by atoms with Crippen LogP contribution in [-0.4, -0.2) is 73.4 Å². The second kappa shape index (κ2) is 57.3. The van der Waals surface area contributed by atoms with Crippen molar-refractivity contribution >= 4 is 13.7 Å². The fraction of sp³-hybridized carbons (Fsp3) is 0.662. The number of quaternary nitrogens is 1. The lowest BCUT2D eigenvalue weighted by Gasteiger charge is -2.25. The number of phosphoric ester groups is 1. The maximum absolute atomic E-state index is 13.0. The van der Waals surface area contributed by atoms with Crippen LogP contribution in [0.3, 0.4) is 0 Å². The van der Waals surface area contributed by atoms with Crippen molar-refractivity contribution in [3.63, 3.8) is 0 Å². The Morgan fingerprint density at radius 3 is 1.14 bits per heavy atom. The first-order chi connectivity index (χ1) is 37.5. The van der Waals surface area contributed by atoms with Crippen molar-refractivity contribution in [3.05, 3.63) is 134 Å². The van der Waals surface area contributed by atoms with Gasteiger partial charge in [-0.25, -0.2) is 4.57 Å². The summed E-state index contributed by atoms with van der Waals surface area (Å²) in [5.74, 6) is -0.196. The average Bonchev–Trinajstić information content (AvgIpc) is 3.39. The second-order valence-electron chi connectivity index (χ2n) is 21.7. The molecule has 0 saturated carbocycles. The van der Waals surface area contributed by atoms with Crippen molar-refractivity contribution in [1.82, 2.24) is 5.32 Å². The number of rotatable bonds is 55. The molecule has 8 nitrogen and oxygen atoms in total. The summed E-state index contributed by atoms with van der Waals surface area (Å²) in [5.41, 5.74) is 0. The summed E-state index contributed by atoms with van der Waals surface area (Å²) in [6.07, 6.45) is 87.0. The summed E-state index contributed by atoms with van der Waals surface area (Å²) in [6.45, 7) is 4.69. The molecule has 0 radical (unpaired) electrons. The number of aliphatic hydroxyl groups is 1. The molecule has 0 aliphatic carbocycles. The third-order valence-corrected chi connectivity index (χ3v) is 14.1. The molecular formula is C68H118N2O6P+. The molecule has 3 N–H and O–H groups in total. The van der Waals surface area contributed by atoms with Crippen LogP contribution in [0.25, 0.3) is 0 Å². The topological polar surface area (TPSA) is 105 Å². The molecule has 0 aromatic heterocycles. The van der Waals surface area contributed by atoms with Crippen LogP contribution >= 0.6 is 7.82 Å². The summed E-state index contributed by atoms with van der Waals surface area (Å²) in [6, 6.07) is -0.865. The zero-order valence-electron chi connectivity index (χ0n) is 50.1. The maximum atomic E-state index is 13.0. The van der Waals surface area contributed by atoms with E-state index in [2.05, 4.69) is 141 Å². The summed E-state index contributed by atoms with van der Waals surface area (Å²) < 4.78 is 23.7. The Kier molecular flexibility index (Phi) is 54.8. The van der Waals surface area contributed by atoms with Crippen molar-refractivity contribution in [2.45, 2.75) is 251 Å². The Morgan fingerprint density at radius 2 is 0.779 bits per heavy atom. The third-order valence-electron chi connectivity index (χ3n) is 13.1. The van der Waals surface area contributed by atoms with E-state index >= 15 is 0 Å². The summed E-state index contributed by atoms with van der Waals surface area (Å²) in [4.78, 5) is 23.3. The van der Waals surface area contributed by atoms with Gasteiger partial charge in [0.25, 0.3) is 0 Å². The van der Waals surface area contributed by atoms with E-state index in [1.807, 2.05) is 27.2 Å². The minimum atomic E-state index is -4.36. The lowest BCUT2D eigenvalue weighted by atomic mass is 10.0. The number of carbonyl (C=O) groups is 1. The predicted octanol–water partition coefficient (Wildman–Crippen LogP) is 19.5. The van der Waals surface area contributed by atoms with E-state index < -0.39 is 20.0 Å². The largest absolute Gasteiger partial charge is 0.472 e. The van der Waals surface area contributed by atoms with E-state index in [0.717, 1.165) is 122 Å². The minimum Gasteiger partial charge on any atom is -0.387 e. The van der Waals surface area contributed by atoms with Crippen LogP contribution in [0.15, 0.2) is 134 Å². The molecule has 0 saturated heterocycles. The Labute approximate surface area is 475 Å². The van der Waals surface area contributed by atoms with Gasteiger partial charge in [0.1, 0.15) is 13.2 Å². The lowest BCUT2D eigenvalue weighted by molar-refractivity contribution is -0.870. The molecule has 0 heterocycles. The molecule has 0 rings (SSSR count). The van der Waals surface area contributed by atoms with Gasteiger partial charge >= 0.3 is 7.82 Å². The van der Waals surface area contributed by atoms with E-state index in [1.54, 1.807) is 6.08 Å². The van der Waals surface area contributed by atoms with Gasteiger partial charge in [0.2, 0.25) is 5.91 Å². The predicted molar refractivity (Wildman–Crippen MR) is 336 cm³/mol. The summed E-state index contributed by atoms with van der Waals surface area (Å²) >= 11 is 0. The number of amides is 1. The smallest absolute Gasteiger partial charge is 0.387 e. The Morgan fingerprint density at radius 1 is 0.455 bits per heavy atom. The standard InChI is InChI=1S/C68H117N2O6P/c1-6-8-10-12-14-16-18-20-22-24-26-27-28-29-30-31-32-33-34-35-36-37-38-39-40-41-42-43-44-46-48-50-52-54-56-58-60-62-68(72)69-66(65-76-77(73,74)75-64-63-70(3,4)5)67(71)61-59-57-55-53-51-49-47-45-25-23-21-19-17-15-13-11-9-7-2/h8,10,14,16,20,22,26-27,29-30,32-33,35-36,38-39,41-42,44,46,59,61,66-67,71H,6-7,9,11-13,15,17-19,21,23-25,28,31,34,37,40,43,45,47-58,60,62-65H2,1-5H3,(H-,69,72,73,74)/p+1/b10-8-,16-14-,22-20-,27-26-,30-29-,33-32-,36-35-,39-38-,42-41-,46-44-,61-59+. The van der Waals surface area contributed by atoms with Gasteiger partial charge in [-0.05, 0) is 96.3 Å². The van der Waals surface area contributed by atoms with Crippen LogP contribution in [0.2, 0.25) is 0 Å². The van der Waals surface area contributed by atoms with Crippen molar-refractivity contribution < 1.29 is 32.9 Å². The van der Waals surface area contributed by atoms with Crippen molar-refractivity contribution in [2.75, 3.05) is 40.9 Å². The number of hydrogen-bond acceptors (Lipinski definition) is 5. The Bertz CT molecular complexity index is 1710. The molecule has 3 unspecified atom stereocenters. The molecule has 0 spiro atoms. The molecule has 3 atom stereocenters. The molecular weight excluding hydrogens is 972 g/mol. The number of phosphoric acid groups is 1. The van der Waals surface area contributed by atoms with Gasteiger partial charge in [0.15, 0.2) is 0 Å². The molecule has 0 aliphatic heterocycles. The summed E-state index contributed by atoms with van der Waals surface area (Å²) in [5, 5.41) is 13.9. The van der Waals surface area contributed by atoms with Gasteiger partial charge in [-0.15, -0.1) is 0 Å². The number of aliphatic hydroxyl groups excluding tert-OH is 1. The normalized spacial score (nSPS) is 14.7. The molecule has 0 fully saturated rings. The Hall–Kier alpha value is -3.36. The van der Waals surface area contributed by atoms with Gasteiger partial charge in [-0.2, -0.15) is 0 Å². The molecule has 0 aliphatic rings. The molecule has 77 heavy (non-hydrogen) atoms. The first kappa shape index (κ1) is 73.6. The number of nitrogens with one attached hydrogen (secondary N) is 1. The number of likely N-dealkylation sites (N-methyl/N-ethyl adjacent to an activating group) is 1. The third kappa shape index (κ3) is 60.1. The fourth-order valence-corrected chi connectivity index (χ4v) is 9.04. The first-order valence-electron chi connectivity index (χ1n) is 31.1. The number of hydrogen-bond donors (Lipinski definition) is 3. The Balaban J connectivity index is 4.22. The molecule has 0 bridgehead atoms. The van der Waals surface area contributed by atoms with Crippen LogP contribution in [-0.2, 0) is 18.4 Å². The van der Waals surface area contributed by atoms with E-state index in [4.69, 9.17) is 9.05 Å². The van der Waals surface area contributed by atoms with Crippen molar-refractivity contribution in [2.24, 2.45) is 0 Å². The van der Waals surface area contributed by atoms with Crippen LogP contribution in [0.1, 0.15) is 239 Å². The number of nitrogens with zero attached hydrogens (tertiary/aromatic N) is 1. The van der Waals surface area contributed by atoms with E-state index in [0.29, 0.717) is 17.4 Å². The van der Waals surface area contributed by atoms with Crippen LogP contribution in [0.5, 0.6) is 0 Å². The number of allylic oxidation sites excluding steroid dienone is 21. The quantitative estimate of drug-likeness (QED) is 0.0243. The van der Waals surface area contributed by atoms with Gasteiger partial charge in [0.05, 0.1) is 39.9 Å². The number of carbonyl (C=O) groups excluding carboxylic acids is 1. The maximum Gasteiger partial charge on any atom is 0.472 e. The first-order valence-corrected chi connectivity index (χ1v) is 32.6. The monoisotopic (exact) mass is 1090 g/mol. The van der Waals surface area contributed by atoms with Gasteiger partial charge in [-0.3, -0.25) is 13.8 Å². The van der Waals surface area contributed by atoms with Gasteiger partial charge in [-0.1, -0.05) is 270 Å². The average molecular weight is 1090 g/mol. The van der Waals surface area contributed by atoms with Crippen LogP contribution < -0.4 is 5.32 Å². The highest BCUT2D eigenvalue weighted by Crippen LogP contribution is 2.43. The molecule has 0 aromatic carbocycles. The SMILES string of the molecule is CC/C=C\C/C=C\C/C=C\C/C=C\C/C=C\C/C=C\C/C=C\C/C=C\C/C=C\C/C=C\CCCCCCCCC(=O)NC(COP(=O)(O)OCC[N+](C)(C)C)C(O)/C=C/CCCCCCCCCCCCCCCCCC. The van der Waals surface area contributed by atoms with Crippen LogP contribution in [0.4, 0.5) is 0 Å². The highest BCUT2D eigenvalue weighted by molar-refractivity contribution is 7.47. The second-order valence-corrected chi connectivity index (χ2v) is 23.2. The van der Waals surface area contributed by atoms with E-state index in [-0.39, 0.29) is 19.1 Å². The van der Waals surface area contributed by atoms with E-state index in [9.17, 15) is 19.4 Å². The molecule has 440 valence electrons. The highest BCUT2D eigenvalue weighted by atomic mass is 31.2. The van der Waals surface area contributed by atoms with E-state index in [1.165, 1.54) is 96.3 Å². The zero-order chi connectivity index (χ0) is 56.3. The van der Waals surface area contributed by atoms with Crippen molar-refractivity contribution in [1.29, 1.82) is 0 Å². The zero-order valence-corrected chi connectivity index (χ0v) is 51.0. The molecule has 1 amide bonds. The van der Waals surface area contributed by atoms with Gasteiger partial charge in [0, 0.05) is 6.42 Å². The van der Waals surface area contributed by atoms with Crippen LogP contribution in [0, 0.1) is 0 Å². The van der Waals surface area contributed by atoms with Gasteiger partial charge < -0.3 is 19.8 Å². The highest BCUT2D eigenvalue weighted by Gasteiger charge is 2.27. The lowest BCUT2D eigenvalue weighted by Crippen LogP contribution is -2.45. The fourth-order valence-electron chi connectivity index (χ4n) is 8.30. The minimum absolute atomic E-state index is 0.0518.